The average Bonchev–Trinajstić information content (AvgIpc) is 2.18. The number of hydrogen-bond acceptors (Lipinski definition) is 2. The summed E-state index contributed by atoms with van der Waals surface area (Å²) >= 11 is 0. The molecule has 0 aromatic rings. The van der Waals surface area contributed by atoms with Crippen molar-refractivity contribution in [3.05, 3.63) is 0 Å². The third-order valence-corrected chi connectivity index (χ3v) is 2.20. The molecule has 0 saturated heterocycles. The highest BCUT2D eigenvalue weighted by atomic mass is 16.7. The largest absolute Gasteiger partial charge is 0.353 e. The summed E-state index contributed by atoms with van der Waals surface area (Å²) in [5.41, 5.74) is 0. The maximum Gasteiger partial charge on any atom is 0.154 e. The van der Waals surface area contributed by atoms with Gasteiger partial charge in [-0.2, -0.15) is 0 Å². The van der Waals surface area contributed by atoms with E-state index < -0.39 is 0 Å². The third kappa shape index (κ3) is 10.0. The quantitative estimate of drug-likeness (QED) is 0.397. The van der Waals surface area contributed by atoms with E-state index in [1.165, 1.54) is 25.7 Å². The van der Waals surface area contributed by atoms with Gasteiger partial charge in [0.1, 0.15) is 0 Å². The van der Waals surface area contributed by atoms with Crippen molar-refractivity contribution < 1.29 is 9.47 Å². The number of hydrogen-bond donors (Lipinski definition) is 0. The molecule has 0 aliphatic rings. The van der Waals surface area contributed by atoms with Gasteiger partial charge in [0.2, 0.25) is 0 Å². The van der Waals surface area contributed by atoms with Crippen LogP contribution in [0.5, 0.6) is 0 Å². The maximum absolute atomic E-state index is 5.51. The summed E-state index contributed by atoms with van der Waals surface area (Å²) in [7, 11) is 0. The molecule has 0 heterocycles. The van der Waals surface area contributed by atoms with Gasteiger partial charge in [-0.1, -0.05) is 39.5 Å². The smallest absolute Gasteiger partial charge is 0.154 e. The van der Waals surface area contributed by atoms with E-state index in [0.717, 1.165) is 26.1 Å². The zero-order chi connectivity index (χ0) is 10.6. The van der Waals surface area contributed by atoms with Crippen LogP contribution in [0.15, 0.2) is 0 Å². The second-order valence-corrected chi connectivity index (χ2v) is 3.72. The van der Waals surface area contributed by atoms with Gasteiger partial charge in [-0.05, 0) is 19.8 Å². The third-order valence-electron chi connectivity index (χ3n) is 2.20. The Labute approximate surface area is 89.0 Å². The highest BCUT2D eigenvalue weighted by molar-refractivity contribution is 4.41. The molecular formula is C12H26O2. The minimum atomic E-state index is -0.0248. The van der Waals surface area contributed by atoms with Crippen molar-refractivity contribution in [2.24, 2.45) is 0 Å². The number of ether oxygens (including phenoxy) is 2. The summed E-state index contributed by atoms with van der Waals surface area (Å²) in [6.07, 6.45) is 7.32. The lowest BCUT2D eigenvalue weighted by Crippen LogP contribution is -2.14. The summed E-state index contributed by atoms with van der Waals surface area (Å²) in [4.78, 5) is 0. The van der Waals surface area contributed by atoms with Crippen LogP contribution >= 0.6 is 0 Å². The van der Waals surface area contributed by atoms with Crippen molar-refractivity contribution in [1.29, 1.82) is 0 Å². The zero-order valence-corrected chi connectivity index (χ0v) is 10.1. The molecule has 0 spiro atoms. The molecule has 0 radical (unpaired) electrons. The lowest BCUT2D eigenvalue weighted by molar-refractivity contribution is -0.131. The van der Waals surface area contributed by atoms with Crippen molar-refractivity contribution >= 4 is 0 Å². The summed E-state index contributed by atoms with van der Waals surface area (Å²) in [6.45, 7) is 8.03. The van der Waals surface area contributed by atoms with E-state index >= 15 is 0 Å². The van der Waals surface area contributed by atoms with E-state index in [1.54, 1.807) is 0 Å². The van der Waals surface area contributed by atoms with Crippen molar-refractivity contribution in [2.45, 2.75) is 65.6 Å². The van der Waals surface area contributed by atoms with Gasteiger partial charge < -0.3 is 9.47 Å². The molecule has 0 fully saturated rings. The van der Waals surface area contributed by atoms with Crippen LogP contribution in [0.3, 0.4) is 0 Å². The molecule has 0 saturated carbocycles. The minimum Gasteiger partial charge on any atom is -0.353 e. The molecular weight excluding hydrogens is 176 g/mol. The fraction of sp³-hybridized carbons (Fsp3) is 1.00. The van der Waals surface area contributed by atoms with Gasteiger partial charge in [0.25, 0.3) is 0 Å². The van der Waals surface area contributed by atoms with Crippen LogP contribution in [0, 0.1) is 0 Å². The summed E-state index contributed by atoms with van der Waals surface area (Å²) in [5, 5.41) is 0. The van der Waals surface area contributed by atoms with Crippen LogP contribution in [0.4, 0.5) is 0 Å². The molecule has 1 atom stereocenters. The molecule has 0 N–H and O–H groups in total. The Kier molecular flexibility index (Phi) is 10.9. The lowest BCUT2D eigenvalue weighted by Gasteiger charge is -2.13. The van der Waals surface area contributed by atoms with Crippen molar-refractivity contribution in [3.63, 3.8) is 0 Å². The first kappa shape index (κ1) is 13.9. The maximum atomic E-state index is 5.51. The standard InChI is InChI=1S/C12H26O2/c1-4-6-8-9-11-14-12(3)13-10-7-5-2/h12H,4-11H2,1-3H3. The molecule has 1 unspecified atom stereocenters. The van der Waals surface area contributed by atoms with E-state index in [0.29, 0.717) is 0 Å². The molecule has 86 valence electrons. The molecule has 0 rings (SSSR count). The molecule has 14 heavy (non-hydrogen) atoms. The highest BCUT2D eigenvalue weighted by Crippen LogP contribution is 2.02. The van der Waals surface area contributed by atoms with E-state index in [9.17, 15) is 0 Å². The van der Waals surface area contributed by atoms with Gasteiger partial charge in [-0.25, -0.2) is 0 Å². The van der Waals surface area contributed by atoms with Crippen LogP contribution in [-0.4, -0.2) is 19.5 Å². The van der Waals surface area contributed by atoms with E-state index in [2.05, 4.69) is 13.8 Å². The molecule has 0 bridgehead atoms. The van der Waals surface area contributed by atoms with E-state index in [1.807, 2.05) is 6.92 Å². The Bertz CT molecular complexity index is 104. The van der Waals surface area contributed by atoms with Crippen LogP contribution in [0.2, 0.25) is 0 Å². The molecule has 0 aliphatic carbocycles. The Balaban J connectivity index is 3.06. The van der Waals surface area contributed by atoms with Crippen molar-refractivity contribution in [1.82, 2.24) is 0 Å². The first-order chi connectivity index (χ1) is 6.81. The van der Waals surface area contributed by atoms with Crippen molar-refractivity contribution in [2.75, 3.05) is 13.2 Å². The Hall–Kier alpha value is -0.0800. The fourth-order valence-corrected chi connectivity index (χ4v) is 1.22. The second kappa shape index (κ2) is 11.0. The van der Waals surface area contributed by atoms with Crippen LogP contribution in [0.1, 0.15) is 59.3 Å². The Morgan fingerprint density at radius 1 is 0.786 bits per heavy atom. The lowest BCUT2D eigenvalue weighted by atomic mass is 10.2. The summed E-state index contributed by atoms with van der Waals surface area (Å²) < 4.78 is 11.0. The summed E-state index contributed by atoms with van der Waals surface area (Å²) in [6, 6.07) is 0. The zero-order valence-electron chi connectivity index (χ0n) is 10.1. The van der Waals surface area contributed by atoms with Gasteiger partial charge in [0.15, 0.2) is 6.29 Å². The monoisotopic (exact) mass is 202 g/mol. The number of rotatable bonds is 10. The molecule has 0 aromatic heterocycles. The number of unbranched alkanes of at least 4 members (excludes halogenated alkanes) is 4. The van der Waals surface area contributed by atoms with E-state index in [4.69, 9.17) is 9.47 Å². The second-order valence-electron chi connectivity index (χ2n) is 3.72. The van der Waals surface area contributed by atoms with Crippen molar-refractivity contribution in [3.8, 4) is 0 Å². The Morgan fingerprint density at radius 3 is 1.93 bits per heavy atom. The average molecular weight is 202 g/mol. The van der Waals surface area contributed by atoms with Gasteiger partial charge in [-0.3, -0.25) is 0 Å². The Morgan fingerprint density at radius 2 is 1.36 bits per heavy atom. The normalized spacial score (nSPS) is 13.1. The molecule has 0 amide bonds. The SMILES string of the molecule is CCCCCCOC(C)OCCCC. The van der Waals surface area contributed by atoms with Crippen LogP contribution in [0.25, 0.3) is 0 Å². The highest BCUT2D eigenvalue weighted by Gasteiger charge is 2.00. The van der Waals surface area contributed by atoms with Crippen LogP contribution < -0.4 is 0 Å². The van der Waals surface area contributed by atoms with E-state index in [-0.39, 0.29) is 6.29 Å². The van der Waals surface area contributed by atoms with Gasteiger partial charge >= 0.3 is 0 Å². The van der Waals surface area contributed by atoms with Crippen LogP contribution in [-0.2, 0) is 9.47 Å². The summed E-state index contributed by atoms with van der Waals surface area (Å²) in [5.74, 6) is 0. The van der Waals surface area contributed by atoms with Gasteiger partial charge in [0, 0.05) is 13.2 Å². The molecule has 2 heteroatoms. The predicted molar refractivity (Wildman–Crippen MR) is 60.4 cm³/mol. The van der Waals surface area contributed by atoms with Gasteiger partial charge in [-0.15, -0.1) is 0 Å². The minimum absolute atomic E-state index is 0.0248. The topological polar surface area (TPSA) is 18.5 Å². The predicted octanol–water partition coefficient (Wildman–Crippen LogP) is 3.75. The fourth-order valence-electron chi connectivity index (χ4n) is 1.22. The van der Waals surface area contributed by atoms with Gasteiger partial charge in [0.05, 0.1) is 0 Å². The first-order valence-corrected chi connectivity index (χ1v) is 6.04. The molecule has 2 nitrogen and oxygen atoms in total. The molecule has 0 aromatic carbocycles. The molecule has 0 aliphatic heterocycles. The first-order valence-electron chi connectivity index (χ1n) is 6.04.